The van der Waals surface area contributed by atoms with Gasteiger partial charge in [0.2, 0.25) is 5.89 Å². The predicted molar refractivity (Wildman–Crippen MR) is 72.5 cm³/mol. The lowest BCUT2D eigenvalue weighted by Gasteiger charge is -2.14. The normalized spacial score (nSPS) is 14.0. The van der Waals surface area contributed by atoms with Crippen molar-refractivity contribution in [2.75, 3.05) is 6.54 Å². The standard InChI is InChI=1S/C12H17N5O4/c1-8-3-14-12(21-8)9(2)13-5-11(18)7-16-6-10(4-15-16)17(19)20/h3-4,6,9,11,13,18H,5,7H2,1-2H3. The molecule has 0 spiro atoms. The molecule has 2 aromatic rings. The minimum atomic E-state index is -0.733. The highest BCUT2D eigenvalue weighted by atomic mass is 16.6. The molecule has 0 aliphatic carbocycles. The Morgan fingerprint density at radius 3 is 2.90 bits per heavy atom. The van der Waals surface area contributed by atoms with E-state index in [4.69, 9.17) is 4.42 Å². The van der Waals surface area contributed by atoms with E-state index in [1.54, 1.807) is 6.20 Å². The first-order chi connectivity index (χ1) is 9.95. The van der Waals surface area contributed by atoms with E-state index in [1.165, 1.54) is 10.9 Å². The summed E-state index contributed by atoms with van der Waals surface area (Å²) < 4.78 is 6.72. The average molecular weight is 295 g/mol. The number of oxazole rings is 1. The van der Waals surface area contributed by atoms with Gasteiger partial charge in [0.05, 0.1) is 29.8 Å². The number of hydrogen-bond acceptors (Lipinski definition) is 7. The zero-order valence-electron chi connectivity index (χ0n) is 11.8. The van der Waals surface area contributed by atoms with Gasteiger partial charge < -0.3 is 14.8 Å². The summed E-state index contributed by atoms with van der Waals surface area (Å²) in [6, 6.07) is -0.139. The molecule has 9 heteroatoms. The Bertz CT molecular complexity index is 608. The van der Waals surface area contributed by atoms with E-state index < -0.39 is 11.0 Å². The molecule has 2 unspecified atom stereocenters. The molecule has 9 nitrogen and oxygen atoms in total. The number of aliphatic hydroxyl groups is 1. The number of aliphatic hydroxyl groups excluding tert-OH is 1. The van der Waals surface area contributed by atoms with Crippen molar-refractivity contribution in [3.63, 3.8) is 0 Å². The number of aryl methyl sites for hydroxylation is 1. The molecule has 0 aliphatic heterocycles. The van der Waals surface area contributed by atoms with Gasteiger partial charge in [0.15, 0.2) is 0 Å². The van der Waals surface area contributed by atoms with E-state index >= 15 is 0 Å². The highest BCUT2D eigenvalue weighted by molar-refractivity contribution is 5.20. The second-order valence-electron chi connectivity index (χ2n) is 4.77. The zero-order valence-corrected chi connectivity index (χ0v) is 11.8. The van der Waals surface area contributed by atoms with Gasteiger partial charge in [0, 0.05) is 6.54 Å². The van der Waals surface area contributed by atoms with Gasteiger partial charge in [-0.15, -0.1) is 0 Å². The van der Waals surface area contributed by atoms with Gasteiger partial charge in [-0.2, -0.15) is 5.10 Å². The molecule has 0 aliphatic rings. The molecule has 0 fully saturated rings. The minimum absolute atomic E-state index is 0.0983. The van der Waals surface area contributed by atoms with Crippen molar-refractivity contribution in [2.45, 2.75) is 32.5 Å². The smallest absolute Gasteiger partial charge is 0.306 e. The summed E-state index contributed by atoms with van der Waals surface area (Å²) in [5.74, 6) is 1.28. The van der Waals surface area contributed by atoms with Crippen LogP contribution in [0.4, 0.5) is 5.69 Å². The summed E-state index contributed by atoms with van der Waals surface area (Å²) in [5.41, 5.74) is -0.0983. The second kappa shape index (κ2) is 6.46. The number of nitro groups is 1. The Morgan fingerprint density at radius 2 is 2.33 bits per heavy atom. The molecule has 2 N–H and O–H groups in total. The Balaban J connectivity index is 1.81. The first-order valence-electron chi connectivity index (χ1n) is 6.46. The van der Waals surface area contributed by atoms with Crippen LogP contribution in [0.1, 0.15) is 24.6 Å². The fourth-order valence-electron chi connectivity index (χ4n) is 1.80. The van der Waals surface area contributed by atoms with Crippen molar-refractivity contribution in [3.8, 4) is 0 Å². The largest absolute Gasteiger partial charge is 0.444 e. The third-order valence-corrected chi connectivity index (χ3v) is 2.90. The molecule has 2 rings (SSSR count). The first kappa shape index (κ1) is 15.1. The summed E-state index contributed by atoms with van der Waals surface area (Å²) in [6.07, 6.45) is 3.33. The van der Waals surface area contributed by atoms with Crippen LogP contribution in [0.5, 0.6) is 0 Å². The van der Waals surface area contributed by atoms with Gasteiger partial charge in [-0.3, -0.25) is 14.8 Å². The Hall–Kier alpha value is -2.26. The average Bonchev–Trinajstić information content (AvgIpc) is 3.05. The maximum atomic E-state index is 10.5. The molecule has 2 aromatic heterocycles. The van der Waals surface area contributed by atoms with Crippen LogP contribution in [0.25, 0.3) is 0 Å². The summed E-state index contributed by atoms with van der Waals surface area (Å²) in [4.78, 5) is 14.1. The fraction of sp³-hybridized carbons (Fsp3) is 0.500. The predicted octanol–water partition coefficient (Wildman–Crippen LogP) is 0.799. The molecule has 0 bridgehead atoms. The number of nitrogens with zero attached hydrogens (tertiary/aromatic N) is 4. The van der Waals surface area contributed by atoms with Crippen molar-refractivity contribution in [2.24, 2.45) is 0 Å². The van der Waals surface area contributed by atoms with E-state index in [-0.39, 0.29) is 24.8 Å². The molecule has 0 saturated heterocycles. The van der Waals surface area contributed by atoms with Gasteiger partial charge in [-0.1, -0.05) is 0 Å². The van der Waals surface area contributed by atoms with E-state index in [0.29, 0.717) is 5.89 Å². The van der Waals surface area contributed by atoms with Crippen LogP contribution in [0.3, 0.4) is 0 Å². The fourth-order valence-corrected chi connectivity index (χ4v) is 1.80. The van der Waals surface area contributed by atoms with Gasteiger partial charge in [0.25, 0.3) is 0 Å². The molecule has 2 heterocycles. The Labute approximate surface area is 120 Å². The van der Waals surface area contributed by atoms with Gasteiger partial charge in [-0.05, 0) is 13.8 Å². The molecule has 2 atom stereocenters. The summed E-state index contributed by atoms with van der Waals surface area (Å²) >= 11 is 0. The lowest BCUT2D eigenvalue weighted by atomic mass is 10.3. The van der Waals surface area contributed by atoms with Crippen molar-refractivity contribution in [1.29, 1.82) is 0 Å². The van der Waals surface area contributed by atoms with E-state index in [1.807, 2.05) is 13.8 Å². The topological polar surface area (TPSA) is 119 Å². The van der Waals surface area contributed by atoms with Crippen LogP contribution in [-0.4, -0.2) is 37.4 Å². The van der Waals surface area contributed by atoms with Crippen molar-refractivity contribution in [1.82, 2.24) is 20.1 Å². The molecular formula is C12H17N5O4. The van der Waals surface area contributed by atoms with Crippen molar-refractivity contribution in [3.05, 3.63) is 40.4 Å². The van der Waals surface area contributed by atoms with Crippen LogP contribution in [0.2, 0.25) is 0 Å². The molecule has 0 saturated carbocycles. The molecule has 0 radical (unpaired) electrons. The van der Waals surface area contributed by atoms with Gasteiger partial charge >= 0.3 is 5.69 Å². The summed E-state index contributed by atoms with van der Waals surface area (Å²) in [5, 5.41) is 27.3. The lowest BCUT2D eigenvalue weighted by molar-refractivity contribution is -0.385. The summed E-state index contributed by atoms with van der Waals surface area (Å²) in [6.45, 7) is 4.13. The molecule has 0 aromatic carbocycles. The maximum Gasteiger partial charge on any atom is 0.306 e. The number of rotatable bonds is 7. The highest BCUT2D eigenvalue weighted by Crippen LogP contribution is 2.12. The number of aromatic nitrogens is 3. The monoisotopic (exact) mass is 295 g/mol. The van der Waals surface area contributed by atoms with Crippen LogP contribution >= 0.6 is 0 Å². The third-order valence-electron chi connectivity index (χ3n) is 2.90. The van der Waals surface area contributed by atoms with Crippen molar-refractivity contribution >= 4 is 5.69 Å². The van der Waals surface area contributed by atoms with E-state index in [0.717, 1.165) is 12.0 Å². The van der Waals surface area contributed by atoms with Crippen molar-refractivity contribution < 1.29 is 14.4 Å². The molecular weight excluding hydrogens is 278 g/mol. The SMILES string of the molecule is Cc1cnc(C(C)NCC(O)Cn2cc([N+](=O)[O-])cn2)o1. The molecule has 114 valence electrons. The van der Waals surface area contributed by atoms with E-state index in [2.05, 4.69) is 15.4 Å². The van der Waals surface area contributed by atoms with Gasteiger partial charge in [0.1, 0.15) is 18.2 Å². The van der Waals surface area contributed by atoms with Gasteiger partial charge in [-0.25, -0.2) is 4.98 Å². The maximum absolute atomic E-state index is 10.5. The van der Waals surface area contributed by atoms with Crippen LogP contribution in [0, 0.1) is 17.0 Å². The molecule has 21 heavy (non-hydrogen) atoms. The third kappa shape index (κ3) is 4.10. The first-order valence-corrected chi connectivity index (χ1v) is 6.46. The second-order valence-corrected chi connectivity index (χ2v) is 4.77. The zero-order chi connectivity index (χ0) is 15.4. The lowest BCUT2D eigenvalue weighted by Crippen LogP contribution is -2.32. The minimum Gasteiger partial charge on any atom is -0.444 e. The molecule has 0 amide bonds. The highest BCUT2D eigenvalue weighted by Gasteiger charge is 2.15. The van der Waals surface area contributed by atoms with E-state index in [9.17, 15) is 15.2 Å². The van der Waals surface area contributed by atoms with Crippen LogP contribution in [0.15, 0.2) is 23.0 Å². The Morgan fingerprint density at radius 1 is 1.57 bits per heavy atom. The summed E-state index contributed by atoms with van der Waals surface area (Å²) in [7, 11) is 0. The van der Waals surface area contributed by atoms with Crippen LogP contribution < -0.4 is 5.32 Å². The Kier molecular flexibility index (Phi) is 4.66. The van der Waals surface area contributed by atoms with Crippen LogP contribution in [-0.2, 0) is 6.54 Å². The number of nitrogens with one attached hydrogen (secondary N) is 1. The quantitative estimate of drug-likeness (QED) is 0.572. The number of hydrogen-bond donors (Lipinski definition) is 2.